The first-order chi connectivity index (χ1) is 18.0. The molecule has 0 saturated carbocycles. The van der Waals surface area contributed by atoms with E-state index in [2.05, 4.69) is 15.6 Å². The van der Waals surface area contributed by atoms with E-state index < -0.39 is 22.0 Å². The van der Waals surface area contributed by atoms with Gasteiger partial charge >= 0.3 is 6.03 Å². The van der Waals surface area contributed by atoms with Crippen molar-refractivity contribution in [1.82, 2.24) is 15.2 Å². The van der Waals surface area contributed by atoms with Crippen molar-refractivity contribution < 1.29 is 22.7 Å². The first-order valence-electron chi connectivity index (χ1n) is 11.1. The van der Waals surface area contributed by atoms with Gasteiger partial charge in [-0.2, -0.15) is 0 Å². The molecular weight excluding hydrogens is 577 g/mol. The summed E-state index contributed by atoms with van der Waals surface area (Å²) in [7, 11) is -1.01. The van der Waals surface area contributed by atoms with Crippen LogP contribution in [-0.4, -0.2) is 63.5 Å². The van der Waals surface area contributed by atoms with Crippen LogP contribution < -0.4 is 19.7 Å². The Morgan fingerprint density at radius 2 is 1.76 bits per heavy atom. The first kappa shape index (κ1) is 27.8. The number of ether oxygens (including phenoxy) is 1. The number of amides is 3. The number of aromatic nitrogens is 1. The highest BCUT2D eigenvalue weighted by Gasteiger charge is 2.36. The molecule has 3 aromatic rings. The highest BCUT2D eigenvalue weighted by atomic mass is 35.5. The first-order valence-corrected chi connectivity index (χ1v) is 13.7. The predicted molar refractivity (Wildman–Crippen MR) is 146 cm³/mol. The summed E-state index contributed by atoms with van der Waals surface area (Å²) in [6.45, 7) is -0.141. The normalized spacial score (nSPS) is 14.8. The van der Waals surface area contributed by atoms with E-state index in [0.29, 0.717) is 0 Å². The lowest BCUT2D eigenvalue weighted by Gasteiger charge is -2.35. The molecule has 14 heteroatoms. The van der Waals surface area contributed by atoms with Crippen molar-refractivity contribution in [2.45, 2.75) is 11.0 Å². The van der Waals surface area contributed by atoms with Gasteiger partial charge in [0.15, 0.2) is 11.6 Å². The molecule has 1 aromatic heterocycles. The number of nitrogens with one attached hydrogen (secondary N) is 2. The van der Waals surface area contributed by atoms with Crippen LogP contribution in [0.1, 0.15) is 10.4 Å². The fraction of sp³-hybridized carbons (Fsp3) is 0.208. The van der Waals surface area contributed by atoms with Gasteiger partial charge in [-0.15, -0.1) is 0 Å². The van der Waals surface area contributed by atoms with E-state index in [1.54, 1.807) is 26.2 Å². The number of fused-ring (bicyclic) bond motifs is 1. The number of benzene rings is 2. The topological polar surface area (TPSA) is 121 Å². The summed E-state index contributed by atoms with van der Waals surface area (Å²) in [5, 5.41) is 5.80. The Kier molecular flexibility index (Phi) is 8.22. The SMILES string of the molecule is CN(C)C(=O)NC[C@H]1CN(S(=O)(=O)c2cccc(Cl)c2)c2nc(NC(=O)c3c(Cl)cccc3Cl)ccc2O1. The smallest absolute Gasteiger partial charge is 0.317 e. The zero-order valence-corrected chi connectivity index (χ0v) is 23.2. The minimum absolute atomic E-state index is 0.0293. The van der Waals surface area contributed by atoms with E-state index in [0.717, 1.165) is 4.31 Å². The average Bonchev–Trinajstić information content (AvgIpc) is 2.86. The fourth-order valence-corrected chi connectivity index (χ4v) is 5.92. The summed E-state index contributed by atoms with van der Waals surface area (Å²) in [5.74, 6) is -0.500. The van der Waals surface area contributed by atoms with Crippen LogP contribution in [0.4, 0.5) is 16.4 Å². The van der Waals surface area contributed by atoms with E-state index in [1.807, 2.05) is 0 Å². The molecule has 0 bridgehead atoms. The van der Waals surface area contributed by atoms with Crippen LogP contribution in [0.15, 0.2) is 59.5 Å². The lowest BCUT2D eigenvalue weighted by molar-refractivity contribution is 0.102. The molecule has 2 N–H and O–H groups in total. The highest BCUT2D eigenvalue weighted by Crippen LogP contribution is 2.37. The molecule has 1 aliphatic heterocycles. The molecule has 0 spiro atoms. The number of hydrogen-bond donors (Lipinski definition) is 2. The molecule has 0 unspecified atom stereocenters. The van der Waals surface area contributed by atoms with Crippen LogP contribution in [0, 0.1) is 0 Å². The highest BCUT2D eigenvalue weighted by molar-refractivity contribution is 7.92. The zero-order valence-electron chi connectivity index (χ0n) is 20.1. The van der Waals surface area contributed by atoms with E-state index in [4.69, 9.17) is 39.5 Å². The molecule has 0 radical (unpaired) electrons. The molecule has 0 saturated heterocycles. The average molecular weight is 599 g/mol. The van der Waals surface area contributed by atoms with Gasteiger partial charge in [-0.05, 0) is 42.5 Å². The number of halogens is 3. The van der Waals surface area contributed by atoms with Crippen LogP contribution >= 0.6 is 34.8 Å². The van der Waals surface area contributed by atoms with Gasteiger partial charge in [0.1, 0.15) is 11.9 Å². The van der Waals surface area contributed by atoms with E-state index >= 15 is 0 Å². The molecule has 0 aliphatic carbocycles. The third-order valence-electron chi connectivity index (χ3n) is 5.44. The minimum Gasteiger partial charge on any atom is -0.483 e. The molecule has 4 rings (SSSR count). The van der Waals surface area contributed by atoms with E-state index in [1.165, 1.54) is 47.4 Å². The van der Waals surface area contributed by atoms with Crippen molar-refractivity contribution in [2.75, 3.05) is 36.8 Å². The largest absolute Gasteiger partial charge is 0.483 e. The molecule has 0 fully saturated rings. The summed E-state index contributed by atoms with van der Waals surface area (Å²) >= 11 is 18.3. The van der Waals surface area contributed by atoms with Crippen molar-refractivity contribution in [3.8, 4) is 5.75 Å². The second-order valence-corrected chi connectivity index (χ2v) is 11.5. The van der Waals surface area contributed by atoms with Gasteiger partial charge in [0.05, 0.1) is 33.6 Å². The Labute approximate surface area is 234 Å². The second kappa shape index (κ2) is 11.2. The number of carbonyl (C=O) groups is 2. The Balaban J connectivity index is 1.70. The Bertz CT molecular complexity index is 1480. The van der Waals surface area contributed by atoms with E-state index in [9.17, 15) is 18.0 Å². The zero-order chi connectivity index (χ0) is 27.6. The molecule has 200 valence electrons. The van der Waals surface area contributed by atoms with E-state index in [-0.39, 0.29) is 62.0 Å². The van der Waals surface area contributed by atoms with Gasteiger partial charge < -0.3 is 20.3 Å². The molecule has 3 amide bonds. The Morgan fingerprint density at radius 1 is 1.08 bits per heavy atom. The lowest BCUT2D eigenvalue weighted by atomic mass is 10.2. The van der Waals surface area contributed by atoms with Gasteiger partial charge in [-0.25, -0.2) is 22.5 Å². The number of carbonyl (C=O) groups excluding carboxylic acids is 2. The van der Waals surface area contributed by atoms with Crippen LogP contribution in [0.3, 0.4) is 0 Å². The van der Waals surface area contributed by atoms with Crippen molar-refractivity contribution >= 4 is 68.4 Å². The molecule has 10 nitrogen and oxygen atoms in total. The number of anilines is 2. The molecule has 38 heavy (non-hydrogen) atoms. The lowest BCUT2D eigenvalue weighted by Crippen LogP contribution is -2.50. The molecule has 2 aromatic carbocycles. The number of sulfonamides is 1. The number of rotatable bonds is 6. The number of nitrogens with zero attached hydrogens (tertiary/aromatic N) is 3. The summed E-state index contributed by atoms with van der Waals surface area (Å²) in [6.07, 6.45) is -0.732. The molecule has 1 atom stereocenters. The summed E-state index contributed by atoms with van der Waals surface area (Å²) in [5.41, 5.74) is 0.0479. The second-order valence-electron chi connectivity index (χ2n) is 8.38. The Morgan fingerprint density at radius 3 is 2.42 bits per heavy atom. The predicted octanol–water partition coefficient (Wildman–Crippen LogP) is 4.52. The molecule has 1 aliphatic rings. The van der Waals surface area contributed by atoms with Gasteiger partial charge in [0.25, 0.3) is 15.9 Å². The maximum atomic E-state index is 13.7. The van der Waals surface area contributed by atoms with Crippen molar-refractivity contribution in [1.29, 1.82) is 0 Å². The monoisotopic (exact) mass is 597 g/mol. The molecular formula is C24H22Cl3N5O5S. The number of hydrogen-bond acceptors (Lipinski definition) is 6. The summed E-state index contributed by atoms with van der Waals surface area (Å²) < 4.78 is 34.4. The fourth-order valence-electron chi connectivity index (χ4n) is 3.59. The Hall–Kier alpha value is -3.25. The van der Waals surface area contributed by atoms with Crippen molar-refractivity contribution in [3.63, 3.8) is 0 Å². The summed E-state index contributed by atoms with van der Waals surface area (Å²) in [4.78, 5) is 30.5. The van der Waals surface area contributed by atoms with Crippen LogP contribution in [0.25, 0.3) is 0 Å². The van der Waals surface area contributed by atoms with Gasteiger partial charge in [-0.1, -0.05) is 46.9 Å². The van der Waals surface area contributed by atoms with Gasteiger partial charge in [0.2, 0.25) is 0 Å². The quantitative estimate of drug-likeness (QED) is 0.430. The number of urea groups is 1. The maximum absolute atomic E-state index is 13.7. The van der Waals surface area contributed by atoms with Crippen LogP contribution in [-0.2, 0) is 10.0 Å². The number of pyridine rings is 1. The van der Waals surface area contributed by atoms with Crippen LogP contribution in [0.2, 0.25) is 15.1 Å². The minimum atomic E-state index is -4.17. The third-order valence-corrected chi connectivity index (χ3v) is 8.06. The summed E-state index contributed by atoms with van der Waals surface area (Å²) in [6, 6.07) is 13.0. The van der Waals surface area contributed by atoms with Crippen LogP contribution in [0.5, 0.6) is 5.75 Å². The maximum Gasteiger partial charge on any atom is 0.317 e. The van der Waals surface area contributed by atoms with Gasteiger partial charge in [-0.3, -0.25) is 4.79 Å². The third kappa shape index (κ3) is 5.91. The standard InChI is InChI=1S/C24H22Cl3N5O5S/c1-31(2)24(34)28-12-15-13-32(38(35,36)16-6-3-5-14(25)11-16)22-19(37-15)9-10-20(29-22)30-23(33)21-17(26)7-4-8-18(21)27/h3-11,15H,12-13H2,1-2H3,(H,28,34)(H,29,30,33)/t15-/m0/s1. The molecule has 2 heterocycles. The van der Waals surface area contributed by atoms with Crippen molar-refractivity contribution in [3.05, 3.63) is 75.2 Å². The van der Waals surface area contributed by atoms with Gasteiger partial charge in [0, 0.05) is 19.1 Å². The van der Waals surface area contributed by atoms with Crippen molar-refractivity contribution in [2.24, 2.45) is 0 Å².